The molecule has 1 N–H and O–H groups in total. The summed E-state index contributed by atoms with van der Waals surface area (Å²) in [5, 5.41) is 10.00. The average Bonchev–Trinajstić information content (AvgIpc) is 2.25. The van der Waals surface area contributed by atoms with Gasteiger partial charge in [-0.15, -0.1) is 0 Å². The summed E-state index contributed by atoms with van der Waals surface area (Å²) in [7, 11) is 4.14. The largest absolute Gasteiger partial charge is 0.507 e. The predicted molar refractivity (Wildman–Crippen MR) is 74.3 cm³/mol. The van der Waals surface area contributed by atoms with Crippen LogP contribution < -0.4 is 0 Å². The molecule has 0 aromatic heterocycles. The van der Waals surface area contributed by atoms with Gasteiger partial charge in [-0.2, -0.15) is 0 Å². The summed E-state index contributed by atoms with van der Waals surface area (Å²) in [6.45, 7) is 5.18. The van der Waals surface area contributed by atoms with E-state index in [9.17, 15) is 5.11 Å². The summed E-state index contributed by atoms with van der Waals surface area (Å²) in [5.74, 6) is 0.392. The standard InChI is InChI=1S/C15H23NO/c1-5-7-13(10-11-16(3)4)15-12(2)8-6-9-14(15)17/h6-9,17H,5,10-11H2,1-4H3/b13-7-. The second kappa shape index (κ2) is 6.45. The number of hydrogen-bond donors (Lipinski definition) is 1. The first-order chi connectivity index (χ1) is 8.06. The molecule has 0 unspecified atom stereocenters. The summed E-state index contributed by atoms with van der Waals surface area (Å²) in [6, 6.07) is 5.71. The van der Waals surface area contributed by atoms with Gasteiger partial charge in [-0.25, -0.2) is 0 Å². The highest BCUT2D eigenvalue weighted by atomic mass is 16.3. The summed E-state index contributed by atoms with van der Waals surface area (Å²) in [4.78, 5) is 2.17. The molecule has 0 bridgehead atoms. The summed E-state index contributed by atoms with van der Waals surface area (Å²) < 4.78 is 0. The molecule has 17 heavy (non-hydrogen) atoms. The Morgan fingerprint density at radius 2 is 2.06 bits per heavy atom. The zero-order valence-corrected chi connectivity index (χ0v) is 11.3. The van der Waals surface area contributed by atoms with E-state index in [-0.39, 0.29) is 0 Å². The molecule has 2 heteroatoms. The minimum atomic E-state index is 0.392. The Bertz CT molecular complexity index is 374. The number of rotatable bonds is 5. The Hall–Kier alpha value is -1.28. The number of allylic oxidation sites excluding steroid dienone is 1. The van der Waals surface area contributed by atoms with Gasteiger partial charge < -0.3 is 10.0 Å². The Morgan fingerprint density at radius 1 is 1.35 bits per heavy atom. The zero-order valence-electron chi connectivity index (χ0n) is 11.3. The van der Waals surface area contributed by atoms with Gasteiger partial charge in [-0.3, -0.25) is 0 Å². The molecule has 0 aliphatic heterocycles. The molecule has 1 aromatic rings. The highest BCUT2D eigenvalue weighted by Gasteiger charge is 2.10. The molecule has 0 aliphatic carbocycles. The molecule has 0 saturated carbocycles. The molecule has 0 atom stereocenters. The number of aromatic hydroxyl groups is 1. The van der Waals surface area contributed by atoms with Crippen LogP contribution in [-0.2, 0) is 0 Å². The SMILES string of the molecule is CC/C=C(/CCN(C)C)c1c(C)cccc1O. The molecule has 0 fully saturated rings. The molecule has 0 spiro atoms. The molecule has 0 saturated heterocycles. The van der Waals surface area contributed by atoms with Crippen LogP contribution in [0.15, 0.2) is 24.3 Å². The van der Waals surface area contributed by atoms with Gasteiger partial charge >= 0.3 is 0 Å². The van der Waals surface area contributed by atoms with Crippen molar-refractivity contribution >= 4 is 5.57 Å². The van der Waals surface area contributed by atoms with Crippen LogP contribution in [0.2, 0.25) is 0 Å². The number of benzene rings is 1. The van der Waals surface area contributed by atoms with Gasteiger partial charge in [0, 0.05) is 12.1 Å². The molecular formula is C15H23NO. The van der Waals surface area contributed by atoms with Crippen LogP contribution in [-0.4, -0.2) is 30.6 Å². The number of aryl methyl sites for hydroxylation is 1. The molecule has 0 aliphatic rings. The normalized spacial score (nSPS) is 12.2. The fourth-order valence-electron chi connectivity index (χ4n) is 1.99. The van der Waals surface area contributed by atoms with Gasteiger partial charge in [-0.05, 0) is 51.1 Å². The number of nitrogens with zero attached hydrogens (tertiary/aromatic N) is 1. The molecular weight excluding hydrogens is 210 g/mol. The Morgan fingerprint density at radius 3 is 2.59 bits per heavy atom. The smallest absolute Gasteiger partial charge is 0.123 e. The molecule has 0 heterocycles. The lowest BCUT2D eigenvalue weighted by molar-refractivity contribution is 0.418. The Balaban J connectivity index is 3.02. The molecule has 0 radical (unpaired) electrons. The molecule has 2 nitrogen and oxygen atoms in total. The molecule has 1 rings (SSSR count). The van der Waals surface area contributed by atoms with Crippen molar-refractivity contribution in [1.82, 2.24) is 4.90 Å². The number of phenols is 1. The van der Waals surface area contributed by atoms with Crippen molar-refractivity contribution in [3.8, 4) is 5.75 Å². The van der Waals surface area contributed by atoms with Crippen molar-refractivity contribution in [3.05, 3.63) is 35.4 Å². The lowest BCUT2D eigenvalue weighted by Gasteiger charge is -2.15. The second-order valence-corrected chi connectivity index (χ2v) is 4.66. The van der Waals surface area contributed by atoms with Gasteiger partial charge in [0.2, 0.25) is 0 Å². The molecule has 1 aromatic carbocycles. The van der Waals surface area contributed by atoms with E-state index in [4.69, 9.17) is 0 Å². The van der Waals surface area contributed by atoms with Crippen LogP contribution in [0.25, 0.3) is 5.57 Å². The summed E-state index contributed by atoms with van der Waals surface area (Å²) >= 11 is 0. The number of phenolic OH excluding ortho intramolecular Hbond substituents is 1. The minimum Gasteiger partial charge on any atom is -0.507 e. The topological polar surface area (TPSA) is 23.5 Å². The van der Waals surface area contributed by atoms with E-state index < -0.39 is 0 Å². The predicted octanol–water partition coefficient (Wildman–Crippen LogP) is 3.45. The molecule has 94 valence electrons. The quantitative estimate of drug-likeness (QED) is 0.842. The van der Waals surface area contributed by atoms with E-state index in [0.717, 1.165) is 30.5 Å². The van der Waals surface area contributed by atoms with Crippen molar-refractivity contribution < 1.29 is 5.11 Å². The monoisotopic (exact) mass is 233 g/mol. The van der Waals surface area contributed by atoms with Gasteiger partial charge in [0.15, 0.2) is 0 Å². The van der Waals surface area contributed by atoms with E-state index in [1.54, 1.807) is 6.07 Å². The molecule has 0 amide bonds. The van der Waals surface area contributed by atoms with Gasteiger partial charge in [0.05, 0.1) is 0 Å². The first-order valence-electron chi connectivity index (χ1n) is 6.19. The maximum Gasteiger partial charge on any atom is 0.123 e. The lowest BCUT2D eigenvalue weighted by Crippen LogP contribution is -2.13. The first-order valence-corrected chi connectivity index (χ1v) is 6.19. The Labute approximate surface area is 105 Å². The van der Waals surface area contributed by atoms with Crippen LogP contribution in [0.1, 0.15) is 30.9 Å². The summed E-state index contributed by atoms with van der Waals surface area (Å²) in [6.07, 6.45) is 4.18. The van der Waals surface area contributed by atoms with Gasteiger partial charge in [-0.1, -0.05) is 25.1 Å². The van der Waals surface area contributed by atoms with Crippen molar-refractivity contribution in [2.75, 3.05) is 20.6 Å². The van der Waals surface area contributed by atoms with Crippen LogP contribution in [0.3, 0.4) is 0 Å². The lowest BCUT2D eigenvalue weighted by atomic mass is 9.96. The fraction of sp³-hybridized carbons (Fsp3) is 0.467. The van der Waals surface area contributed by atoms with E-state index in [1.165, 1.54) is 5.57 Å². The minimum absolute atomic E-state index is 0.392. The summed E-state index contributed by atoms with van der Waals surface area (Å²) in [5.41, 5.74) is 3.40. The van der Waals surface area contributed by atoms with Crippen molar-refractivity contribution in [1.29, 1.82) is 0 Å². The van der Waals surface area contributed by atoms with E-state index in [1.807, 2.05) is 19.1 Å². The third kappa shape index (κ3) is 3.90. The Kier molecular flexibility index (Phi) is 5.23. The van der Waals surface area contributed by atoms with E-state index in [0.29, 0.717) is 5.75 Å². The van der Waals surface area contributed by atoms with E-state index in [2.05, 4.69) is 32.0 Å². The number of hydrogen-bond acceptors (Lipinski definition) is 2. The third-order valence-electron chi connectivity index (χ3n) is 2.85. The average molecular weight is 233 g/mol. The van der Waals surface area contributed by atoms with Crippen LogP contribution >= 0.6 is 0 Å². The van der Waals surface area contributed by atoms with Gasteiger partial charge in [0.25, 0.3) is 0 Å². The fourth-order valence-corrected chi connectivity index (χ4v) is 1.99. The maximum atomic E-state index is 10.00. The van der Waals surface area contributed by atoms with Crippen LogP contribution in [0.5, 0.6) is 5.75 Å². The highest BCUT2D eigenvalue weighted by molar-refractivity contribution is 5.72. The van der Waals surface area contributed by atoms with Crippen molar-refractivity contribution in [3.63, 3.8) is 0 Å². The van der Waals surface area contributed by atoms with Crippen molar-refractivity contribution in [2.45, 2.75) is 26.7 Å². The van der Waals surface area contributed by atoms with E-state index >= 15 is 0 Å². The second-order valence-electron chi connectivity index (χ2n) is 4.66. The maximum absolute atomic E-state index is 10.00. The zero-order chi connectivity index (χ0) is 12.8. The van der Waals surface area contributed by atoms with Crippen molar-refractivity contribution in [2.24, 2.45) is 0 Å². The van der Waals surface area contributed by atoms with Crippen LogP contribution in [0, 0.1) is 6.92 Å². The van der Waals surface area contributed by atoms with Crippen LogP contribution in [0.4, 0.5) is 0 Å². The first kappa shape index (κ1) is 13.8. The third-order valence-corrected chi connectivity index (χ3v) is 2.85. The highest BCUT2D eigenvalue weighted by Crippen LogP contribution is 2.30. The van der Waals surface area contributed by atoms with Gasteiger partial charge in [0.1, 0.15) is 5.75 Å².